The van der Waals surface area contributed by atoms with E-state index < -0.39 is 17.8 Å². The number of benzene rings is 2. The van der Waals surface area contributed by atoms with Crippen LogP contribution in [0.5, 0.6) is 5.75 Å². The molecule has 8 heteroatoms. The van der Waals surface area contributed by atoms with Gasteiger partial charge in [0.25, 0.3) is 5.91 Å². The standard InChI is InChI=1S/C20H18FN3O4/c1-11-19(26)23-15-9-13(6-7-17(15)28-11)22-20(27)12-8-18(25)24(10-12)16-5-3-2-4-14(16)21/h2-7,9,11-12H,8,10H2,1H3,(H,22,27)(H,23,26). The average Bonchev–Trinajstić information content (AvgIpc) is 3.05. The second-order valence-corrected chi connectivity index (χ2v) is 6.81. The normalized spacial score (nSPS) is 21.0. The lowest BCUT2D eigenvalue weighted by Crippen LogP contribution is -2.34. The maximum atomic E-state index is 14.0. The summed E-state index contributed by atoms with van der Waals surface area (Å²) in [6, 6.07) is 10.9. The average molecular weight is 383 g/mol. The monoisotopic (exact) mass is 383 g/mol. The number of anilines is 3. The molecule has 2 aliphatic heterocycles. The zero-order valence-corrected chi connectivity index (χ0v) is 15.1. The molecule has 4 rings (SSSR count). The summed E-state index contributed by atoms with van der Waals surface area (Å²) in [6.45, 7) is 1.75. The van der Waals surface area contributed by atoms with Crippen molar-refractivity contribution in [2.75, 3.05) is 22.1 Å². The lowest BCUT2D eigenvalue weighted by Gasteiger charge is -2.24. The van der Waals surface area contributed by atoms with Gasteiger partial charge in [0.15, 0.2) is 6.10 Å². The van der Waals surface area contributed by atoms with Crippen LogP contribution < -0.4 is 20.3 Å². The van der Waals surface area contributed by atoms with Crippen LogP contribution in [-0.4, -0.2) is 30.4 Å². The molecule has 2 atom stereocenters. The Balaban J connectivity index is 1.46. The van der Waals surface area contributed by atoms with Gasteiger partial charge in [0.05, 0.1) is 17.3 Å². The minimum absolute atomic E-state index is 0.00245. The van der Waals surface area contributed by atoms with E-state index in [-0.39, 0.29) is 36.4 Å². The highest BCUT2D eigenvalue weighted by Crippen LogP contribution is 2.33. The second kappa shape index (κ2) is 6.95. The van der Waals surface area contributed by atoms with Crippen molar-refractivity contribution in [3.05, 3.63) is 48.3 Å². The van der Waals surface area contributed by atoms with Crippen LogP contribution in [0.1, 0.15) is 13.3 Å². The highest BCUT2D eigenvalue weighted by atomic mass is 19.1. The zero-order chi connectivity index (χ0) is 19.8. The third-order valence-electron chi connectivity index (χ3n) is 4.82. The number of para-hydroxylation sites is 1. The summed E-state index contributed by atoms with van der Waals surface area (Å²) in [7, 11) is 0. The number of ether oxygens (including phenoxy) is 1. The number of nitrogens with zero attached hydrogens (tertiary/aromatic N) is 1. The number of halogens is 1. The number of hydrogen-bond donors (Lipinski definition) is 2. The molecule has 0 saturated carbocycles. The van der Waals surface area contributed by atoms with Crippen molar-refractivity contribution in [3.63, 3.8) is 0 Å². The first-order valence-electron chi connectivity index (χ1n) is 8.89. The molecule has 7 nitrogen and oxygen atoms in total. The molecule has 2 N–H and O–H groups in total. The maximum Gasteiger partial charge on any atom is 0.265 e. The molecule has 0 aromatic heterocycles. The van der Waals surface area contributed by atoms with Crippen LogP contribution in [-0.2, 0) is 14.4 Å². The largest absolute Gasteiger partial charge is 0.479 e. The summed E-state index contributed by atoms with van der Waals surface area (Å²) in [5, 5.41) is 5.46. The first-order chi connectivity index (χ1) is 13.4. The Morgan fingerprint density at radius 3 is 2.82 bits per heavy atom. The van der Waals surface area contributed by atoms with E-state index >= 15 is 0 Å². The molecule has 2 aliphatic rings. The van der Waals surface area contributed by atoms with Gasteiger partial charge < -0.3 is 20.3 Å². The number of nitrogens with one attached hydrogen (secondary N) is 2. The highest BCUT2D eigenvalue weighted by Gasteiger charge is 2.36. The molecule has 3 amide bonds. The van der Waals surface area contributed by atoms with Crippen molar-refractivity contribution in [1.82, 2.24) is 0 Å². The minimum Gasteiger partial charge on any atom is -0.479 e. The van der Waals surface area contributed by atoms with E-state index in [9.17, 15) is 18.8 Å². The summed E-state index contributed by atoms with van der Waals surface area (Å²) < 4.78 is 19.4. The fourth-order valence-corrected chi connectivity index (χ4v) is 3.32. The van der Waals surface area contributed by atoms with E-state index in [1.54, 1.807) is 37.3 Å². The van der Waals surface area contributed by atoms with Crippen LogP contribution in [0.4, 0.5) is 21.5 Å². The van der Waals surface area contributed by atoms with Gasteiger partial charge in [-0.15, -0.1) is 0 Å². The lowest BCUT2D eigenvalue weighted by molar-refractivity contribution is -0.122. The summed E-state index contributed by atoms with van der Waals surface area (Å²) >= 11 is 0. The third-order valence-corrected chi connectivity index (χ3v) is 4.82. The van der Waals surface area contributed by atoms with E-state index in [0.29, 0.717) is 17.1 Å². The van der Waals surface area contributed by atoms with Crippen LogP contribution >= 0.6 is 0 Å². The van der Waals surface area contributed by atoms with Crippen molar-refractivity contribution in [2.45, 2.75) is 19.4 Å². The smallest absolute Gasteiger partial charge is 0.265 e. The number of amides is 3. The molecule has 1 fully saturated rings. The molecule has 0 aliphatic carbocycles. The number of hydrogen-bond acceptors (Lipinski definition) is 4. The van der Waals surface area contributed by atoms with Gasteiger partial charge >= 0.3 is 0 Å². The minimum atomic E-state index is -0.603. The van der Waals surface area contributed by atoms with Gasteiger partial charge in [-0.2, -0.15) is 0 Å². The van der Waals surface area contributed by atoms with E-state index in [2.05, 4.69) is 10.6 Å². The van der Waals surface area contributed by atoms with Crippen LogP contribution in [0, 0.1) is 11.7 Å². The topological polar surface area (TPSA) is 87.7 Å². The number of fused-ring (bicyclic) bond motifs is 1. The predicted octanol–water partition coefficient (Wildman–Crippen LogP) is 2.54. The Morgan fingerprint density at radius 1 is 1.25 bits per heavy atom. The van der Waals surface area contributed by atoms with Gasteiger partial charge in [0, 0.05) is 18.7 Å². The number of carbonyl (C=O) groups excluding carboxylic acids is 3. The van der Waals surface area contributed by atoms with Crippen molar-refractivity contribution < 1.29 is 23.5 Å². The molecule has 0 bridgehead atoms. The molecule has 1 saturated heterocycles. The van der Waals surface area contributed by atoms with Gasteiger partial charge in [-0.25, -0.2) is 4.39 Å². The van der Waals surface area contributed by atoms with Crippen molar-refractivity contribution >= 4 is 34.8 Å². The Kier molecular flexibility index (Phi) is 4.46. The summed E-state index contributed by atoms with van der Waals surface area (Å²) in [5.74, 6) is -1.50. The van der Waals surface area contributed by atoms with Gasteiger partial charge in [0.2, 0.25) is 11.8 Å². The van der Waals surface area contributed by atoms with Crippen LogP contribution in [0.25, 0.3) is 0 Å². The predicted molar refractivity (Wildman–Crippen MR) is 101 cm³/mol. The van der Waals surface area contributed by atoms with E-state index in [1.807, 2.05) is 0 Å². The maximum absolute atomic E-state index is 14.0. The molecule has 2 aromatic rings. The summed E-state index contributed by atoms with van der Waals surface area (Å²) in [5.41, 5.74) is 1.11. The molecule has 144 valence electrons. The van der Waals surface area contributed by atoms with Crippen LogP contribution in [0.3, 0.4) is 0 Å². The fourth-order valence-electron chi connectivity index (χ4n) is 3.32. The first-order valence-corrected chi connectivity index (χ1v) is 8.89. The molecule has 2 aromatic carbocycles. The fraction of sp³-hybridized carbons (Fsp3) is 0.250. The lowest BCUT2D eigenvalue weighted by atomic mass is 10.1. The van der Waals surface area contributed by atoms with Crippen LogP contribution in [0.15, 0.2) is 42.5 Å². The molecule has 0 radical (unpaired) electrons. The number of carbonyl (C=O) groups is 3. The molecule has 2 heterocycles. The molecular weight excluding hydrogens is 365 g/mol. The quantitative estimate of drug-likeness (QED) is 0.853. The number of rotatable bonds is 3. The Morgan fingerprint density at radius 2 is 2.04 bits per heavy atom. The summed E-state index contributed by atoms with van der Waals surface area (Å²) in [4.78, 5) is 37.9. The van der Waals surface area contributed by atoms with Gasteiger partial charge in [-0.05, 0) is 37.3 Å². The Hall–Kier alpha value is -3.42. The Labute approximate surface area is 160 Å². The van der Waals surface area contributed by atoms with Crippen molar-refractivity contribution in [3.8, 4) is 5.75 Å². The second-order valence-electron chi connectivity index (χ2n) is 6.81. The van der Waals surface area contributed by atoms with Crippen molar-refractivity contribution in [2.24, 2.45) is 5.92 Å². The van der Waals surface area contributed by atoms with Gasteiger partial charge in [0.1, 0.15) is 11.6 Å². The van der Waals surface area contributed by atoms with E-state index in [4.69, 9.17) is 4.74 Å². The first kappa shape index (κ1) is 18.0. The van der Waals surface area contributed by atoms with Gasteiger partial charge in [-0.3, -0.25) is 14.4 Å². The van der Waals surface area contributed by atoms with Gasteiger partial charge in [-0.1, -0.05) is 12.1 Å². The van der Waals surface area contributed by atoms with Crippen LogP contribution in [0.2, 0.25) is 0 Å². The molecule has 28 heavy (non-hydrogen) atoms. The molecular formula is C20H18FN3O4. The molecule has 0 spiro atoms. The van der Waals surface area contributed by atoms with E-state index in [0.717, 1.165) is 0 Å². The molecule has 2 unspecified atom stereocenters. The third kappa shape index (κ3) is 3.28. The Bertz CT molecular complexity index is 978. The van der Waals surface area contributed by atoms with E-state index in [1.165, 1.54) is 17.0 Å². The van der Waals surface area contributed by atoms with Crippen molar-refractivity contribution in [1.29, 1.82) is 0 Å². The highest BCUT2D eigenvalue weighted by molar-refractivity contribution is 6.04. The summed E-state index contributed by atoms with van der Waals surface area (Å²) in [6.07, 6.45) is -0.579. The SMILES string of the molecule is CC1Oc2ccc(NC(=O)C3CC(=O)N(c4ccccc4F)C3)cc2NC1=O. The zero-order valence-electron chi connectivity index (χ0n) is 15.1.